The zero-order chi connectivity index (χ0) is 51.2. The van der Waals surface area contributed by atoms with Crippen LogP contribution in [0.5, 0.6) is 0 Å². The Morgan fingerprint density at radius 2 is 1.81 bits per heavy atom. The van der Waals surface area contributed by atoms with Gasteiger partial charge in [0, 0.05) is 51.6 Å². The van der Waals surface area contributed by atoms with Crippen molar-refractivity contribution in [3.05, 3.63) is 104 Å². The third kappa shape index (κ3) is 8.77. The van der Waals surface area contributed by atoms with Crippen LogP contribution in [0.3, 0.4) is 0 Å². The number of halogens is 4. The monoisotopic (exact) mass is 703 g/mol. The summed E-state index contributed by atoms with van der Waals surface area (Å²) in [7, 11) is 0. The molecule has 3 aliphatic rings. The van der Waals surface area contributed by atoms with Crippen LogP contribution in [0.4, 0.5) is 17.6 Å². The first-order chi connectivity index (χ1) is 30.6. The number of thioether (sulfide) groups is 1. The molecule has 0 spiro atoms. The topological polar surface area (TPSA) is 58.4 Å². The van der Waals surface area contributed by atoms with Gasteiger partial charge in [0.05, 0.1) is 16.4 Å². The number of carbonyl (C=O) groups excluding carboxylic acids is 1. The zero-order valence-electron chi connectivity index (χ0n) is 45.1. The number of hydrogen-bond acceptors (Lipinski definition) is 5. The minimum Gasteiger partial charge on any atom is -0.336 e. The van der Waals surface area contributed by atoms with E-state index in [1.165, 1.54) is 13.8 Å². The molecular weight excluding hydrogens is 640 g/mol. The van der Waals surface area contributed by atoms with Crippen molar-refractivity contribution in [1.29, 1.82) is 0 Å². The van der Waals surface area contributed by atoms with E-state index in [1.807, 2.05) is 0 Å². The molecule has 0 radical (unpaired) electrons. The summed E-state index contributed by atoms with van der Waals surface area (Å²) in [5.74, 6) is -5.17. The van der Waals surface area contributed by atoms with Crippen LogP contribution in [0.15, 0.2) is 80.6 Å². The molecule has 0 saturated carbocycles. The minimum atomic E-state index is -5.17. The fourth-order valence-electron chi connectivity index (χ4n) is 4.97. The Morgan fingerprint density at radius 1 is 1.08 bits per heavy atom. The number of fused-ring (bicyclic) bond motifs is 1. The van der Waals surface area contributed by atoms with Crippen LogP contribution in [0.1, 0.15) is 89.2 Å². The highest BCUT2D eigenvalue weighted by Gasteiger charge is 2.38. The number of alkyl halides is 3. The van der Waals surface area contributed by atoms with Gasteiger partial charge in [-0.1, -0.05) is 74.4 Å². The van der Waals surface area contributed by atoms with E-state index >= 15 is 4.79 Å². The summed E-state index contributed by atoms with van der Waals surface area (Å²) in [6.45, 7) is -9.18. The number of aromatic nitrogens is 2. The van der Waals surface area contributed by atoms with Crippen LogP contribution in [-0.4, -0.2) is 64.0 Å². The lowest BCUT2D eigenvalue weighted by Crippen LogP contribution is -2.42. The van der Waals surface area contributed by atoms with E-state index in [0.717, 1.165) is 16.4 Å². The van der Waals surface area contributed by atoms with Gasteiger partial charge in [-0.25, -0.2) is 4.39 Å². The van der Waals surface area contributed by atoms with Crippen LogP contribution < -0.4 is 5.56 Å². The van der Waals surface area contributed by atoms with Gasteiger partial charge < -0.3 is 14.4 Å². The van der Waals surface area contributed by atoms with Crippen molar-refractivity contribution in [3.8, 4) is 0 Å². The maximum absolute atomic E-state index is 15.0. The number of rotatable bonds is 13. The number of benzene rings is 1. The van der Waals surface area contributed by atoms with E-state index < -0.39 is 162 Å². The van der Waals surface area contributed by atoms with Crippen molar-refractivity contribution in [1.82, 2.24) is 19.4 Å². The molecule has 3 aliphatic carbocycles. The zero-order valence-corrected chi connectivity index (χ0v) is 26.9. The van der Waals surface area contributed by atoms with Crippen molar-refractivity contribution in [2.75, 3.05) is 32.6 Å². The largest absolute Gasteiger partial charge is 0.412 e. The smallest absolute Gasteiger partial charge is 0.336 e. The molecule has 0 saturated heterocycles. The Labute approximate surface area is 311 Å². The van der Waals surface area contributed by atoms with Crippen LogP contribution in [0.2, 0.25) is 0 Å². The number of hydrogen-bond donors (Lipinski definition) is 0. The van der Waals surface area contributed by atoms with Crippen LogP contribution in [0.25, 0.3) is 0 Å². The number of allylic oxidation sites excluding steroid dienone is 7. The Hall–Kier alpha value is -3.44. The predicted octanol–water partition coefficient (Wildman–Crippen LogP) is 7.44. The predicted molar refractivity (Wildman–Crippen MR) is 182 cm³/mol. The second-order valence-electron chi connectivity index (χ2n) is 10.6. The fraction of sp³-hybridized carbons (Fsp3) is 0.486. The molecule has 1 aromatic carbocycles. The lowest BCUT2D eigenvalue weighted by atomic mass is 9.82. The molecule has 5 rings (SSSR count). The Bertz CT molecular complexity index is 2550. The highest BCUT2D eigenvalue weighted by molar-refractivity contribution is 7.98. The van der Waals surface area contributed by atoms with E-state index in [2.05, 4.69) is 4.98 Å². The molecule has 0 fully saturated rings. The lowest BCUT2D eigenvalue weighted by molar-refractivity contribution is -0.131. The minimum absolute atomic E-state index is 0.00978. The first-order valence-corrected chi connectivity index (χ1v) is 15.8. The van der Waals surface area contributed by atoms with Crippen molar-refractivity contribution < 1.29 is 48.4 Å². The maximum atomic E-state index is 15.0. The molecule has 1 amide bonds. The van der Waals surface area contributed by atoms with Crippen LogP contribution in [0, 0.1) is 11.7 Å². The average molecular weight is 704 g/mol. The van der Waals surface area contributed by atoms with Crippen molar-refractivity contribution in [3.63, 3.8) is 0 Å². The molecule has 1 aromatic heterocycles. The van der Waals surface area contributed by atoms with Gasteiger partial charge >= 0.3 is 6.18 Å². The van der Waals surface area contributed by atoms with Gasteiger partial charge in [-0.05, 0) is 86.3 Å². The molecule has 0 N–H and O–H groups in total. The van der Waals surface area contributed by atoms with Gasteiger partial charge in [0.2, 0.25) is 5.91 Å². The molecule has 4 unspecified atom stereocenters. The molecular formula is C37H44F4N4O2S. The highest BCUT2D eigenvalue weighted by Crippen LogP contribution is 2.40. The van der Waals surface area contributed by atoms with E-state index in [-0.39, 0.29) is 60.3 Å². The van der Waals surface area contributed by atoms with Gasteiger partial charge in [-0.3, -0.25) is 9.59 Å². The Kier molecular flexibility index (Phi) is 6.12. The lowest BCUT2D eigenvalue weighted by Gasteiger charge is -2.30. The molecule has 258 valence electrons. The Morgan fingerprint density at radius 3 is 2.52 bits per heavy atom. The first-order valence-electron chi connectivity index (χ1n) is 24.7. The standard InChI is InChI=1S/C37H44F4N4O2S/c1-4-43(5-2)19-20-44(22-26-9-13-28(14-10-26)29-15-18-32(25(3)21-29)37(39,40)41)34(46)23-45-33-8-6-7-31(33)35(47)42-36(45)48-24-27-11-16-30(38)17-12-27/h9,11-13,15-18,25H,4-8,10,14,19-24H2,1-3H3/i9D,10D,11D,12D,13D,14D,15D,16D,17D,18D,19D2,20D2,21D,22D2,24D2. The van der Waals surface area contributed by atoms with Gasteiger partial charge in [0.15, 0.2) is 5.16 Å². The fourth-order valence-corrected chi connectivity index (χ4v) is 5.68. The number of nitrogens with zero attached hydrogens (tertiary/aromatic N) is 4. The molecule has 6 nitrogen and oxygen atoms in total. The number of likely N-dealkylation sites (N-methyl/N-ethyl adjacent to an activating group) is 1. The van der Waals surface area contributed by atoms with E-state index in [4.69, 9.17) is 20.6 Å². The average Bonchev–Trinajstić information content (AvgIpc) is 3.71. The summed E-state index contributed by atoms with van der Waals surface area (Å²) < 4.78 is 224. The second-order valence-corrected chi connectivity index (χ2v) is 11.4. The SMILES string of the molecule is [2H]C1=C(C2=C([2H])C([2H])=C(C(F)(F)F)C(C)C2[2H])C([2H])C([2H])C(C([2H])([2H])N(C(=O)Cn2c(SC([2H])([2H])c3c([2H])c([2H])c(F)c([2H])c3[2H])nc(=O)c3c2CCC3)C([2H])([2H])C([2H])([2H])N(CC)CC)=C1[2H]. The highest BCUT2D eigenvalue weighted by atomic mass is 32.2. The second kappa shape index (κ2) is 15.8. The van der Waals surface area contributed by atoms with E-state index in [1.54, 1.807) is 0 Å². The summed E-state index contributed by atoms with van der Waals surface area (Å²) in [6.07, 6.45) is -11.8. The third-order valence-electron chi connectivity index (χ3n) is 7.45. The third-order valence-corrected chi connectivity index (χ3v) is 8.25. The van der Waals surface area contributed by atoms with Crippen molar-refractivity contribution in [2.24, 2.45) is 5.92 Å². The van der Waals surface area contributed by atoms with Gasteiger partial charge in [-0.2, -0.15) is 18.2 Å². The molecule has 0 aliphatic heterocycles. The summed E-state index contributed by atoms with van der Waals surface area (Å²) in [4.78, 5) is 32.8. The van der Waals surface area contributed by atoms with E-state index in [0.29, 0.717) is 0 Å². The molecule has 2 aromatic rings. The summed E-state index contributed by atoms with van der Waals surface area (Å²) in [5.41, 5.74) is -9.54. The maximum Gasteiger partial charge on any atom is 0.412 e. The molecule has 4 atom stereocenters. The van der Waals surface area contributed by atoms with Gasteiger partial charge in [-0.15, -0.1) is 0 Å². The normalized spacial score (nSPS) is 30.2. The van der Waals surface area contributed by atoms with Crippen molar-refractivity contribution in [2.45, 2.75) is 82.8 Å². The summed E-state index contributed by atoms with van der Waals surface area (Å²) >= 11 is -0.0345. The molecule has 11 heteroatoms. The molecule has 0 bridgehead atoms. The van der Waals surface area contributed by atoms with E-state index in [9.17, 15) is 27.8 Å². The van der Waals surface area contributed by atoms with Crippen LogP contribution in [-0.2, 0) is 29.9 Å². The summed E-state index contributed by atoms with van der Waals surface area (Å²) in [6, 6.07) is -9.95. The van der Waals surface area contributed by atoms with Gasteiger partial charge in [0.25, 0.3) is 5.56 Å². The Balaban J connectivity index is 1.77. The molecule has 48 heavy (non-hydrogen) atoms. The summed E-state index contributed by atoms with van der Waals surface area (Å²) in [5, 5.41) is -0.718. The number of carbonyl (C=O) groups is 1. The first kappa shape index (κ1) is 18.5. The quantitative estimate of drug-likeness (QED) is 0.123. The number of amides is 1. The molecule has 1 heterocycles. The van der Waals surface area contributed by atoms with Crippen LogP contribution >= 0.6 is 11.8 Å². The van der Waals surface area contributed by atoms with Crippen molar-refractivity contribution >= 4 is 17.7 Å². The van der Waals surface area contributed by atoms with Gasteiger partial charge in [0.1, 0.15) is 12.4 Å².